The molecule has 0 bridgehead atoms. The van der Waals surface area contributed by atoms with Crippen molar-refractivity contribution < 1.29 is 34.1 Å². The van der Waals surface area contributed by atoms with Crippen molar-refractivity contribution in [3.8, 4) is 23.0 Å². The first-order chi connectivity index (χ1) is 19.7. The molecule has 4 N–H and O–H groups in total. The van der Waals surface area contributed by atoms with Gasteiger partial charge in [-0.2, -0.15) is 0 Å². The van der Waals surface area contributed by atoms with Gasteiger partial charge in [-0.25, -0.2) is 0 Å². The van der Waals surface area contributed by atoms with Crippen molar-refractivity contribution in [2.24, 2.45) is 11.8 Å². The minimum absolute atomic E-state index is 0.118. The van der Waals surface area contributed by atoms with Crippen LogP contribution in [0.4, 0.5) is 5.69 Å². The van der Waals surface area contributed by atoms with Gasteiger partial charge < -0.3 is 25.0 Å². The Hall–Kier alpha value is -4.28. The van der Waals surface area contributed by atoms with Crippen LogP contribution in [0.3, 0.4) is 0 Å². The molecule has 3 amide bonds. The molecule has 41 heavy (non-hydrogen) atoms. The second-order valence-corrected chi connectivity index (χ2v) is 10.9. The van der Waals surface area contributed by atoms with Gasteiger partial charge in [-0.05, 0) is 66.4 Å². The lowest BCUT2D eigenvalue weighted by molar-refractivity contribution is -0.142. The van der Waals surface area contributed by atoms with Gasteiger partial charge in [-0.3, -0.25) is 24.6 Å². The van der Waals surface area contributed by atoms with Gasteiger partial charge in [0.15, 0.2) is 23.0 Å². The number of nitrogens with zero attached hydrogens (tertiary/aromatic N) is 1. The highest BCUT2D eigenvalue weighted by atomic mass is 35.5. The highest BCUT2D eigenvalue weighted by Gasteiger charge is 2.70. The number of likely N-dealkylation sites (tertiary alicyclic amines) is 1. The molecule has 2 saturated heterocycles. The minimum Gasteiger partial charge on any atom is -0.504 e. The van der Waals surface area contributed by atoms with E-state index in [2.05, 4.69) is 10.6 Å². The quantitative estimate of drug-likeness (QED) is 0.248. The van der Waals surface area contributed by atoms with E-state index in [9.17, 15) is 24.6 Å². The van der Waals surface area contributed by atoms with E-state index in [1.165, 1.54) is 24.1 Å². The summed E-state index contributed by atoms with van der Waals surface area (Å²) >= 11 is 6.33. The molecule has 4 atom stereocenters. The number of benzene rings is 3. The number of carbonyl (C=O) groups is 3. The molecule has 0 aliphatic carbocycles. The van der Waals surface area contributed by atoms with E-state index in [1.54, 1.807) is 43.5 Å². The fraction of sp³-hybridized carbons (Fsp3) is 0.300. The number of halogens is 1. The summed E-state index contributed by atoms with van der Waals surface area (Å²) in [6, 6.07) is 14.2. The molecule has 11 heteroatoms. The summed E-state index contributed by atoms with van der Waals surface area (Å²) in [7, 11) is 3.08. The van der Waals surface area contributed by atoms with Crippen LogP contribution in [0.15, 0.2) is 54.6 Å². The molecule has 2 fully saturated rings. The molecule has 0 saturated carbocycles. The smallest absolute Gasteiger partial charge is 0.250 e. The molecule has 3 aliphatic heterocycles. The van der Waals surface area contributed by atoms with Crippen molar-refractivity contribution in [3.63, 3.8) is 0 Å². The zero-order chi connectivity index (χ0) is 29.1. The number of hydrogen-bond donors (Lipinski definition) is 4. The summed E-state index contributed by atoms with van der Waals surface area (Å²) in [5, 5.41) is 26.4. The number of amides is 3. The maximum Gasteiger partial charge on any atom is 0.250 e. The Bertz CT molecular complexity index is 1590. The van der Waals surface area contributed by atoms with Gasteiger partial charge in [-0.15, -0.1) is 0 Å². The fourth-order valence-corrected chi connectivity index (χ4v) is 6.63. The van der Waals surface area contributed by atoms with Gasteiger partial charge in [0.2, 0.25) is 17.7 Å². The summed E-state index contributed by atoms with van der Waals surface area (Å²) in [6.07, 6.45) is 0.602. The van der Waals surface area contributed by atoms with E-state index >= 15 is 0 Å². The van der Waals surface area contributed by atoms with E-state index in [0.717, 1.165) is 5.56 Å². The molecule has 6 rings (SSSR count). The predicted molar refractivity (Wildman–Crippen MR) is 149 cm³/mol. The normalized spacial score (nSPS) is 24.5. The topological polar surface area (TPSA) is 137 Å². The number of rotatable bonds is 7. The van der Waals surface area contributed by atoms with Gasteiger partial charge in [-0.1, -0.05) is 23.7 Å². The Kier molecular flexibility index (Phi) is 6.55. The fourth-order valence-electron chi connectivity index (χ4n) is 6.46. The highest BCUT2D eigenvalue weighted by Crippen LogP contribution is 2.53. The number of fused-ring (bicyclic) bond motifs is 4. The van der Waals surface area contributed by atoms with Crippen LogP contribution in [0.1, 0.15) is 16.7 Å². The second kappa shape index (κ2) is 9.97. The molecule has 1 spiro atoms. The summed E-state index contributed by atoms with van der Waals surface area (Å²) in [4.78, 5) is 43.0. The molecule has 212 valence electrons. The van der Waals surface area contributed by atoms with Crippen molar-refractivity contribution in [2.45, 2.75) is 24.4 Å². The largest absolute Gasteiger partial charge is 0.504 e. The number of carbonyl (C=O) groups excluding carboxylic acids is 3. The van der Waals surface area contributed by atoms with E-state index < -0.39 is 35.2 Å². The van der Waals surface area contributed by atoms with Gasteiger partial charge in [0.25, 0.3) is 0 Å². The summed E-state index contributed by atoms with van der Waals surface area (Å²) in [6.45, 7) is 0.118. The van der Waals surface area contributed by atoms with Crippen LogP contribution in [0.2, 0.25) is 5.02 Å². The van der Waals surface area contributed by atoms with Gasteiger partial charge in [0, 0.05) is 28.9 Å². The van der Waals surface area contributed by atoms with Gasteiger partial charge in [0.05, 0.1) is 26.1 Å². The van der Waals surface area contributed by atoms with Crippen LogP contribution in [0.5, 0.6) is 23.0 Å². The van der Waals surface area contributed by atoms with Crippen molar-refractivity contribution in [1.82, 2.24) is 10.2 Å². The second-order valence-electron chi connectivity index (χ2n) is 10.5. The SMILES string of the molecule is COc1ccc(CCN2C(=O)[C@H]3[C@H](Cc4ccc(O)c(O)c4)N[C@]4(C(=O)Nc5ccc(Cl)cc54)[C@@H]3C2=O)cc1OC. The Labute approximate surface area is 240 Å². The average Bonchev–Trinajstić information content (AvgIpc) is 3.53. The maximum atomic E-state index is 14.1. The number of phenols is 2. The molecule has 10 nitrogen and oxygen atoms in total. The predicted octanol–water partition coefficient (Wildman–Crippen LogP) is 2.97. The number of aromatic hydroxyl groups is 2. The first-order valence-electron chi connectivity index (χ1n) is 13.1. The van der Waals surface area contributed by atoms with Crippen LogP contribution in [-0.2, 0) is 32.8 Å². The molecular weight excluding hydrogens is 550 g/mol. The van der Waals surface area contributed by atoms with Crippen molar-refractivity contribution in [2.75, 3.05) is 26.1 Å². The Balaban J connectivity index is 1.36. The summed E-state index contributed by atoms with van der Waals surface area (Å²) < 4.78 is 10.7. The number of hydrogen-bond acceptors (Lipinski definition) is 8. The first-order valence-corrected chi connectivity index (χ1v) is 13.5. The third kappa shape index (κ3) is 4.17. The minimum atomic E-state index is -1.50. The van der Waals surface area contributed by atoms with Crippen molar-refractivity contribution >= 4 is 35.0 Å². The Morgan fingerprint density at radius 3 is 2.39 bits per heavy atom. The highest BCUT2D eigenvalue weighted by molar-refractivity contribution is 6.31. The molecule has 3 aliphatic rings. The number of anilines is 1. The van der Waals surface area contributed by atoms with E-state index in [4.69, 9.17) is 21.1 Å². The molecule has 3 aromatic rings. The number of ether oxygens (including phenoxy) is 2. The lowest BCUT2D eigenvalue weighted by Gasteiger charge is -2.29. The van der Waals surface area contributed by atoms with E-state index in [0.29, 0.717) is 39.8 Å². The molecule has 3 heterocycles. The number of nitrogens with one attached hydrogen (secondary N) is 2. The molecule has 3 aromatic carbocycles. The van der Waals surface area contributed by atoms with Gasteiger partial charge in [0.1, 0.15) is 5.54 Å². The summed E-state index contributed by atoms with van der Waals surface area (Å²) in [5.74, 6) is -2.55. The first kappa shape index (κ1) is 26.9. The third-order valence-corrected chi connectivity index (χ3v) is 8.57. The molecule has 0 unspecified atom stereocenters. The van der Waals surface area contributed by atoms with Crippen molar-refractivity contribution in [3.05, 3.63) is 76.3 Å². The zero-order valence-electron chi connectivity index (χ0n) is 22.3. The number of phenolic OH excluding ortho intramolecular Hbond substituents is 2. The van der Waals surface area contributed by atoms with Gasteiger partial charge >= 0.3 is 0 Å². The molecular formula is C30H28ClN3O7. The standard InChI is InChI=1S/C30H28ClN3O7/c1-40-23-8-4-15(13-24(23)41-2)9-10-34-27(37)25-20(11-16-3-7-21(35)22(36)12-16)33-30(26(25)28(34)38)18-14-17(31)5-6-19(18)32-29(30)39/h3-8,12-14,20,25-26,33,35-36H,9-11H2,1-2H3,(H,32,39)/t20-,25-,26-,30-/m0/s1. The van der Waals surface area contributed by atoms with Crippen LogP contribution in [-0.4, -0.2) is 59.6 Å². The van der Waals surface area contributed by atoms with Crippen LogP contribution < -0.4 is 20.1 Å². The lowest BCUT2D eigenvalue weighted by atomic mass is 9.76. The summed E-state index contributed by atoms with van der Waals surface area (Å²) in [5.41, 5.74) is 1.02. The Morgan fingerprint density at radius 1 is 0.902 bits per heavy atom. The average molecular weight is 578 g/mol. The monoisotopic (exact) mass is 577 g/mol. The maximum absolute atomic E-state index is 14.1. The van der Waals surface area contributed by atoms with E-state index in [1.807, 2.05) is 6.07 Å². The zero-order valence-corrected chi connectivity index (χ0v) is 23.1. The number of methoxy groups -OCH3 is 2. The van der Waals surface area contributed by atoms with Crippen LogP contribution in [0, 0.1) is 11.8 Å². The van der Waals surface area contributed by atoms with E-state index in [-0.39, 0.29) is 30.4 Å². The Morgan fingerprint density at radius 2 is 1.66 bits per heavy atom. The van der Waals surface area contributed by atoms with Crippen molar-refractivity contribution in [1.29, 1.82) is 0 Å². The van der Waals surface area contributed by atoms with Crippen LogP contribution in [0.25, 0.3) is 0 Å². The van der Waals surface area contributed by atoms with Crippen LogP contribution >= 0.6 is 11.6 Å². The lowest BCUT2D eigenvalue weighted by Crippen LogP contribution is -2.53. The number of imide groups is 1. The third-order valence-electron chi connectivity index (χ3n) is 8.34. The molecule has 0 radical (unpaired) electrons. The molecule has 0 aromatic heterocycles.